The van der Waals surface area contributed by atoms with Crippen molar-refractivity contribution in [2.75, 3.05) is 18.0 Å². The number of fused-ring (bicyclic) bond motifs is 1. The van der Waals surface area contributed by atoms with Gasteiger partial charge in [0, 0.05) is 23.7 Å². The molecule has 1 saturated heterocycles. The van der Waals surface area contributed by atoms with Crippen LogP contribution >= 0.6 is 0 Å². The molecular weight excluding hydrogens is 428 g/mol. The number of hydrogen-bond acceptors (Lipinski definition) is 8. The van der Waals surface area contributed by atoms with Gasteiger partial charge in [-0.1, -0.05) is 0 Å². The summed E-state index contributed by atoms with van der Waals surface area (Å²) in [5.74, 6) is 0.686. The maximum absolute atomic E-state index is 9.56. The Bertz CT molecular complexity index is 1350. The van der Waals surface area contributed by atoms with Gasteiger partial charge in [-0.15, -0.1) is 0 Å². The van der Waals surface area contributed by atoms with Crippen molar-refractivity contribution in [1.29, 1.82) is 5.26 Å². The molecule has 9 heteroatoms. The molecule has 0 N–H and O–H groups in total. The Balaban J connectivity index is 1.27. The Morgan fingerprint density at radius 2 is 1.82 bits per heavy atom. The predicted molar refractivity (Wildman–Crippen MR) is 124 cm³/mol. The van der Waals surface area contributed by atoms with Crippen molar-refractivity contribution < 1.29 is 4.74 Å². The summed E-state index contributed by atoms with van der Waals surface area (Å²) in [7, 11) is 0. The molecule has 2 bridgehead atoms. The van der Waals surface area contributed by atoms with E-state index in [9.17, 15) is 5.26 Å². The highest BCUT2D eigenvalue weighted by molar-refractivity contribution is 5.77. The summed E-state index contributed by atoms with van der Waals surface area (Å²) in [5.41, 5.74) is 5.07. The van der Waals surface area contributed by atoms with Gasteiger partial charge >= 0.3 is 0 Å². The smallest absolute Gasteiger partial charge is 0.227 e. The first kappa shape index (κ1) is 20.3. The van der Waals surface area contributed by atoms with E-state index in [0.29, 0.717) is 30.7 Å². The van der Waals surface area contributed by atoms with Crippen LogP contribution < -0.4 is 4.90 Å². The van der Waals surface area contributed by atoms with Crippen molar-refractivity contribution in [2.45, 2.75) is 76.5 Å². The average molecular weight is 457 g/mol. The summed E-state index contributed by atoms with van der Waals surface area (Å²) in [6, 6.07) is 3.06. The molecule has 34 heavy (non-hydrogen) atoms. The lowest BCUT2D eigenvalue weighted by Crippen LogP contribution is -2.64. The zero-order valence-electron chi connectivity index (χ0n) is 19.8. The average Bonchev–Trinajstić information content (AvgIpc) is 3.49. The quantitative estimate of drug-likeness (QED) is 0.587. The molecule has 4 saturated carbocycles. The Hall–Kier alpha value is -3.12. The first-order valence-corrected chi connectivity index (χ1v) is 12.3. The van der Waals surface area contributed by atoms with Crippen molar-refractivity contribution in [3.63, 3.8) is 0 Å². The van der Waals surface area contributed by atoms with Crippen LogP contribution in [0.3, 0.4) is 0 Å². The molecule has 4 aliphatic carbocycles. The second-order valence-electron chi connectivity index (χ2n) is 11.0. The molecule has 4 heterocycles. The van der Waals surface area contributed by atoms with Crippen LogP contribution in [0.25, 0.3) is 11.2 Å². The second-order valence-corrected chi connectivity index (χ2v) is 11.0. The third-order valence-corrected chi connectivity index (χ3v) is 8.16. The molecule has 0 unspecified atom stereocenters. The maximum atomic E-state index is 9.56. The van der Waals surface area contributed by atoms with Crippen molar-refractivity contribution >= 4 is 17.1 Å². The van der Waals surface area contributed by atoms with Gasteiger partial charge in [0.05, 0.1) is 53.5 Å². The van der Waals surface area contributed by atoms with E-state index in [1.54, 1.807) is 0 Å². The van der Waals surface area contributed by atoms with Crippen LogP contribution in [-0.4, -0.2) is 48.9 Å². The molecular formula is C25H28N8O. The summed E-state index contributed by atoms with van der Waals surface area (Å²) in [4.78, 5) is 21.9. The monoisotopic (exact) mass is 456 g/mol. The van der Waals surface area contributed by atoms with E-state index in [1.807, 2.05) is 20.0 Å². The highest BCUT2D eigenvalue weighted by Gasteiger charge is 2.70. The molecule has 0 aromatic carbocycles. The minimum absolute atomic E-state index is 0.0356. The number of nitriles is 1. The van der Waals surface area contributed by atoms with Gasteiger partial charge in [0.1, 0.15) is 11.6 Å². The van der Waals surface area contributed by atoms with Gasteiger partial charge in [0.2, 0.25) is 5.95 Å². The van der Waals surface area contributed by atoms with E-state index in [0.717, 1.165) is 47.4 Å². The SMILES string of the molecule is Cc1nc2nc(N3C[C@@H](C)O[C@@H](c4cnn(C5CC5)c4)C3)nc(C34CC(C#N)(C3)C4)c2nc1C. The van der Waals surface area contributed by atoms with Gasteiger partial charge in [-0.3, -0.25) is 4.68 Å². The van der Waals surface area contributed by atoms with Gasteiger partial charge in [-0.25, -0.2) is 15.0 Å². The van der Waals surface area contributed by atoms with Crippen LogP contribution in [0.5, 0.6) is 0 Å². The largest absolute Gasteiger partial charge is 0.367 e. The van der Waals surface area contributed by atoms with E-state index >= 15 is 0 Å². The number of anilines is 1. The van der Waals surface area contributed by atoms with E-state index < -0.39 is 0 Å². The van der Waals surface area contributed by atoms with Crippen LogP contribution in [0.2, 0.25) is 0 Å². The number of morpholine rings is 1. The number of rotatable bonds is 4. The number of nitrogens with zero attached hydrogens (tertiary/aromatic N) is 8. The topological polar surface area (TPSA) is 106 Å². The van der Waals surface area contributed by atoms with E-state index in [4.69, 9.17) is 24.7 Å². The maximum Gasteiger partial charge on any atom is 0.227 e. The molecule has 9 nitrogen and oxygen atoms in total. The molecule has 0 radical (unpaired) electrons. The van der Waals surface area contributed by atoms with Gasteiger partial charge in [-0.05, 0) is 52.9 Å². The van der Waals surface area contributed by atoms with E-state index in [-0.39, 0.29) is 23.0 Å². The highest BCUT2D eigenvalue weighted by Crippen LogP contribution is 2.73. The van der Waals surface area contributed by atoms with E-state index in [1.165, 1.54) is 12.8 Å². The third-order valence-electron chi connectivity index (χ3n) is 8.16. The molecule has 2 atom stereocenters. The van der Waals surface area contributed by atoms with Crippen LogP contribution in [0.4, 0.5) is 5.95 Å². The number of ether oxygens (including phenoxy) is 1. The number of hydrogen-bond donors (Lipinski definition) is 0. The zero-order chi connectivity index (χ0) is 23.2. The standard InChI is InChI=1S/C25H28N8O/c1-14-7-32(9-19(34-14)17-6-27-33(8-17)18-4-5-18)23-30-21(25-10-24(11-25,12-25)13-26)20-22(31-23)29-16(3)15(2)28-20/h6,8,14,18-19H,4-5,7,9-12H2,1-3H3/t14-,19-,24?,25?/m1/s1. The van der Waals surface area contributed by atoms with Crippen molar-refractivity contribution in [3.05, 3.63) is 35.0 Å². The molecule has 0 spiro atoms. The minimum Gasteiger partial charge on any atom is -0.367 e. The van der Waals surface area contributed by atoms with Crippen LogP contribution in [0.1, 0.15) is 73.8 Å². The van der Waals surface area contributed by atoms with Crippen molar-refractivity contribution in [1.82, 2.24) is 29.7 Å². The Morgan fingerprint density at radius 1 is 1.06 bits per heavy atom. The normalized spacial score (nSPS) is 32.2. The first-order chi connectivity index (χ1) is 16.4. The lowest BCUT2D eigenvalue weighted by molar-refractivity contribution is -0.0947. The second kappa shape index (κ2) is 6.72. The van der Waals surface area contributed by atoms with Gasteiger partial charge in [0.25, 0.3) is 0 Å². The fourth-order valence-electron chi connectivity index (χ4n) is 6.13. The summed E-state index contributed by atoms with van der Waals surface area (Å²) >= 11 is 0. The molecule has 8 rings (SSSR count). The molecule has 3 aromatic rings. The molecule has 3 aromatic heterocycles. The predicted octanol–water partition coefficient (Wildman–Crippen LogP) is 3.48. The highest BCUT2D eigenvalue weighted by atomic mass is 16.5. The Labute approximate surface area is 198 Å². The van der Waals surface area contributed by atoms with Crippen LogP contribution in [-0.2, 0) is 10.2 Å². The van der Waals surface area contributed by atoms with Crippen molar-refractivity contribution in [2.24, 2.45) is 5.41 Å². The number of aromatic nitrogens is 6. The first-order valence-electron chi connectivity index (χ1n) is 12.3. The van der Waals surface area contributed by atoms with Gasteiger partial charge < -0.3 is 9.64 Å². The fourth-order valence-corrected chi connectivity index (χ4v) is 6.13. The molecule has 5 aliphatic rings. The Kier molecular flexibility index (Phi) is 4.01. The third kappa shape index (κ3) is 2.91. The summed E-state index contributed by atoms with van der Waals surface area (Å²) < 4.78 is 8.38. The van der Waals surface area contributed by atoms with Gasteiger partial charge in [0.15, 0.2) is 5.65 Å². The molecule has 0 amide bonds. The fraction of sp³-hybridized carbons (Fsp3) is 0.600. The van der Waals surface area contributed by atoms with Crippen LogP contribution in [0, 0.1) is 30.6 Å². The van der Waals surface area contributed by atoms with Crippen LogP contribution in [0.15, 0.2) is 12.4 Å². The van der Waals surface area contributed by atoms with Gasteiger partial charge in [-0.2, -0.15) is 15.3 Å². The molecule has 1 aliphatic heterocycles. The lowest BCUT2D eigenvalue weighted by atomic mass is 9.34. The minimum atomic E-state index is -0.162. The summed E-state index contributed by atoms with van der Waals surface area (Å²) in [5, 5.41) is 14.1. The van der Waals surface area contributed by atoms with Crippen molar-refractivity contribution in [3.8, 4) is 6.07 Å². The summed E-state index contributed by atoms with van der Waals surface area (Å²) in [6.45, 7) is 7.43. The molecule has 5 fully saturated rings. The zero-order valence-corrected chi connectivity index (χ0v) is 19.8. The number of aryl methyl sites for hydroxylation is 2. The van der Waals surface area contributed by atoms with E-state index in [2.05, 4.69) is 33.9 Å². The molecule has 174 valence electrons. The Morgan fingerprint density at radius 3 is 2.56 bits per heavy atom. The lowest BCUT2D eigenvalue weighted by Gasteiger charge is -2.66. The summed E-state index contributed by atoms with van der Waals surface area (Å²) in [6.07, 6.45) is 9.01.